The van der Waals surface area contributed by atoms with Crippen LogP contribution in [0.5, 0.6) is 0 Å². The van der Waals surface area contributed by atoms with Crippen LogP contribution in [0, 0.1) is 0 Å². The van der Waals surface area contributed by atoms with E-state index in [0.29, 0.717) is 6.17 Å². The molecular formula is C17H39N3. The molecule has 0 spiro atoms. The lowest BCUT2D eigenvalue weighted by Crippen LogP contribution is -2.30. The van der Waals surface area contributed by atoms with Crippen molar-refractivity contribution in [3.63, 3.8) is 0 Å². The molecule has 1 rings (SSSR count). The van der Waals surface area contributed by atoms with Crippen LogP contribution in [0.4, 0.5) is 0 Å². The van der Waals surface area contributed by atoms with Crippen molar-refractivity contribution in [2.24, 2.45) is 5.73 Å². The fourth-order valence-corrected chi connectivity index (χ4v) is 2.60. The second-order valence-electron chi connectivity index (χ2n) is 5.84. The summed E-state index contributed by atoms with van der Waals surface area (Å²) in [6.07, 6.45) is 16.3. The summed E-state index contributed by atoms with van der Waals surface area (Å²) < 4.78 is 0. The van der Waals surface area contributed by atoms with Gasteiger partial charge in [0.25, 0.3) is 0 Å². The Morgan fingerprint density at radius 2 is 1.15 bits per heavy atom. The zero-order chi connectivity index (χ0) is 14.9. The van der Waals surface area contributed by atoms with Crippen LogP contribution in [-0.2, 0) is 0 Å². The molecule has 1 saturated heterocycles. The van der Waals surface area contributed by atoms with E-state index in [0.717, 1.165) is 19.6 Å². The Kier molecular flexibility index (Phi) is 16.8. The smallest absolute Gasteiger partial charge is 0.0572 e. The van der Waals surface area contributed by atoms with Crippen LogP contribution in [0.25, 0.3) is 0 Å². The molecule has 0 bridgehead atoms. The summed E-state index contributed by atoms with van der Waals surface area (Å²) >= 11 is 0. The lowest BCUT2D eigenvalue weighted by atomic mass is 10.1. The molecule has 0 aromatic rings. The Bertz CT molecular complexity index is 168. The fourth-order valence-electron chi connectivity index (χ4n) is 2.60. The third-order valence-corrected chi connectivity index (χ3v) is 3.75. The minimum absolute atomic E-state index is 0.615. The van der Waals surface area contributed by atoms with Gasteiger partial charge >= 0.3 is 0 Å². The molecular weight excluding hydrogens is 246 g/mol. The zero-order valence-corrected chi connectivity index (χ0v) is 14.1. The predicted molar refractivity (Wildman–Crippen MR) is 91.0 cm³/mol. The van der Waals surface area contributed by atoms with E-state index in [-0.39, 0.29) is 0 Å². The van der Waals surface area contributed by atoms with Crippen molar-refractivity contribution in [1.29, 1.82) is 0 Å². The van der Waals surface area contributed by atoms with Crippen molar-refractivity contribution < 1.29 is 0 Å². The van der Waals surface area contributed by atoms with Gasteiger partial charge in [-0.1, -0.05) is 78.1 Å². The summed E-state index contributed by atoms with van der Waals surface area (Å²) in [5.41, 5.74) is 4.85. The summed E-state index contributed by atoms with van der Waals surface area (Å²) in [7, 11) is 0. The summed E-state index contributed by atoms with van der Waals surface area (Å²) in [6.45, 7) is 7.25. The number of nitrogens with two attached hydrogens (primary N) is 1. The molecule has 0 unspecified atom stereocenters. The minimum Gasteiger partial charge on any atom is -0.331 e. The number of unbranched alkanes of at least 4 members (excludes halogenated alkanes) is 9. The highest BCUT2D eigenvalue weighted by atomic mass is 15.2. The van der Waals surface area contributed by atoms with Crippen LogP contribution in [-0.4, -0.2) is 25.8 Å². The molecule has 0 aromatic heterocycles. The molecule has 20 heavy (non-hydrogen) atoms. The first-order valence-electron chi connectivity index (χ1n) is 9.02. The average molecular weight is 286 g/mol. The highest BCUT2D eigenvalue weighted by Gasteiger charge is 2.11. The molecule has 1 fully saturated rings. The molecule has 0 radical (unpaired) electrons. The van der Waals surface area contributed by atoms with Crippen molar-refractivity contribution in [2.75, 3.05) is 19.6 Å². The number of nitrogens with one attached hydrogen (secondary N) is 2. The summed E-state index contributed by atoms with van der Waals surface area (Å²) in [5.74, 6) is 0. The van der Waals surface area contributed by atoms with Crippen LogP contribution < -0.4 is 16.4 Å². The summed E-state index contributed by atoms with van der Waals surface area (Å²) in [4.78, 5) is 0. The Balaban J connectivity index is 0.00000110. The molecule has 3 nitrogen and oxygen atoms in total. The minimum atomic E-state index is 0.615. The molecule has 0 atom stereocenters. The standard InChI is InChI=1S/C15H32N2.C2H7N/c1-2-3-4-5-6-7-8-9-10-11-12-15-16-13-14-17-15;1-2-3/h15-17H,2-14H2,1H3;2-3H2,1H3. The third kappa shape index (κ3) is 14.3. The predicted octanol–water partition coefficient (Wildman–Crippen LogP) is 3.78. The van der Waals surface area contributed by atoms with Gasteiger partial charge in [-0.25, -0.2) is 0 Å². The van der Waals surface area contributed by atoms with Crippen LogP contribution in [0.3, 0.4) is 0 Å². The molecule has 0 aromatic carbocycles. The first kappa shape index (κ1) is 19.9. The SMILES string of the molecule is CCCCCCCCCCCCC1NCCN1.CCN. The maximum Gasteiger partial charge on any atom is 0.0572 e. The number of hydrogen-bond donors (Lipinski definition) is 3. The van der Waals surface area contributed by atoms with Gasteiger partial charge in [0.15, 0.2) is 0 Å². The second kappa shape index (κ2) is 16.9. The Morgan fingerprint density at radius 3 is 1.60 bits per heavy atom. The topological polar surface area (TPSA) is 50.1 Å². The van der Waals surface area contributed by atoms with Gasteiger partial charge in [0.05, 0.1) is 6.17 Å². The van der Waals surface area contributed by atoms with E-state index in [2.05, 4.69) is 17.6 Å². The van der Waals surface area contributed by atoms with Crippen LogP contribution in [0.1, 0.15) is 84.5 Å². The highest BCUT2D eigenvalue weighted by Crippen LogP contribution is 2.11. The van der Waals surface area contributed by atoms with E-state index in [1.165, 1.54) is 70.6 Å². The lowest BCUT2D eigenvalue weighted by molar-refractivity contribution is 0.471. The van der Waals surface area contributed by atoms with Gasteiger partial charge in [0, 0.05) is 13.1 Å². The lowest BCUT2D eigenvalue weighted by Gasteiger charge is -2.09. The van der Waals surface area contributed by atoms with Gasteiger partial charge in [-0.3, -0.25) is 0 Å². The average Bonchev–Trinajstić information content (AvgIpc) is 2.95. The number of hydrogen-bond acceptors (Lipinski definition) is 3. The first-order chi connectivity index (χ1) is 9.85. The van der Waals surface area contributed by atoms with E-state index in [9.17, 15) is 0 Å². The molecule has 0 saturated carbocycles. The maximum atomic E-state index is 4.85. The van der Waals surface area contributed by atoms with Crippen molar-refractivity contribution in [2.45, 2.75) is 90.6 Å². The van der Waals surface area contributed by atoms with E-state index < -0.39 is 0 Å². The fraction of sp³-hybridized carbons (Fsp3) is 1.00. The molecule has 122 valence electrons. The molecule has 3 heteroatoms. The van der Waals surface area contributed by atoms with Gasteiger partial charge in [-0.2, -0.15) is 0 Å². The van der Waals surface area contributed by atoms with Gasteiger partial charge in [-0.05, 0) is 13.0 Å². The van der Waals surface area contributed by atoms with Gasteiger partial charge in [0.1, 0.15) is 0 Å². The Morgan fingerprint density at radius 1 is 0.750 bits per heavy atom. The molecule has 1 aliphatic rings. The maximum absolute atomic E-state index is 4.85. The quantitative estimate of drug-likeness (QED) is 0.506. The van der Waals surface area contributed by atoms with Gasteiger partial charge < -0.3 is 16.4 Å². The normalized spacial score (nSPS) is 15.2. The summed E-state index contributed by atoms with van der Waals surface area (Å²) in [5, 5.41) is 6.95. The van der Waals surface area contributed by atoms with Gasteiger partial charge in [-0.15, -0.1) is 0 Å². The highest BCUT2D eigenvalue weighted by molar-refractivity contribution is 4.72. The molecule has 1 aliphatic heterocycles. The monoisotopic (exact) mass is 285 g/mol. The Hall–Kier alpha value is -0.120. The Labute approximate surface area is 127 Å². The molecule has 4 N–H and O–H groups in total. The van der Waals surface area contributed by atoms with Crippen molar-refractivity contribution in [3.8, 4) is 0 Å². The van der Waals surface area contributed by atoms with Crippen molar-refractivity contribution >= 4 is 0 Å². The van der Waals surface area contributed by atoms with Crippen LogP contribution >= 0.6 is 0 Å². The van der Waals surface area contributed by atoms with Crippen molar-refractivity contribution in [3.05, 3.63) is 0 Å². The third-order valence-electron chi connectivity index (χ3n) is 3.75. The number of rotatable bonds is 11. The molecule has 1 heterocycles. The van der Waals surface area contributed by atoms with Gasteiger partial charge in [0.2, 0.25) is 0 Å². The first-order valence-corrected chi connectivity index (χ1v) is 9.02. The summed E-state index contributed by atoms with van der Waals surface area (Å²) in [6, 6.07) is 0. The zero-order valence-electron chi connectivity index (χ0n) is 14.1. The molecule has 0 amide bonds. The largest absolute Gasteiger partial charge is 0.331 e. The second-order valence-corrected chi connectivity index (χ2v) is 5.84. The van der Waals surface area contributed by atoms with Crippen molar-refractivity contribution in [1.82, 2.24) is 10.6 Å². The van der Waals surface area contributed by atoms with Crippen LogP contribution in [0.2, 0.25) is 0 Å². The van der Waals surface area contributed by atoms with Crippen LogP contribution in [0.15, 0.2) is 0 Å². The van der Waals surface area contributed by atoms with E-state index >= 15 is 0 Å². The van der Waals surface area contributed by atoms with E-state index in [4.69, 9.17) is 5.73 Å². The van der Waals surface area contributed by atoms with E-state index in [1.807, 2.05) is 6.92 Å². The molecule has 0 aliphatic carbocycles. The van der Waals surface area contributed by atoms with E-state index in [1.54, 1.807) is 0 Å².